The second-order valence-electron chi connectivity index (χ2n) is 4.55. The molecule has 0 unspecified atom stereocenters. The number of hydrogen-bond donors (Lipinski definition) is 0. The van der Waals surface area contributed by atoms with Gasteiger partial charge in [-0.1, -0.05) is 19.1 Å². The van der Waals surface area contributed by atoms with Gasteiger partial charge in [0.2, 0.25) is 0 Å². The maximum absolute atomic E-state index is 4.00. The van der Waals surface area contributed by atoms with E-state index in [0.29, 0.717) is 0 Å². The average molecular weight is 196 g/mol. The lowest BCUT2D eigenvalue weighted by atomic mass is 10.0. The Morgan fingerprint density at radius 1 is 1.43 bits per heavy atom. The molecule has 2 heteroatoms. The molecule has 82 valence electrons. The first-order valence-corrected chi connectivity index (χ1v) is 5.70. The molecule has 0 bridgehead atoms. The van der Waals surface area contributed by atoms with Gasteiger partial charge in [-0.15, -0.1) is 0 Å². The fraction of sp³-hybridized carbons (Fsp3) is 0.833. The Hall–Kier alpha value is -0.340. The van der Waals surface area contributed by atoms with Crippen LogP contribution in [0, 0.1) is 0 Å². The molecule has 14 heavy (non-hydrogen) atoms. The van der Waals surface area contributed by atoms with E-state index in [1.54, 1.807) is 0 Å². The van der Waals surface area contributed by atoms with Gasteiger partial charge in [0, 0.05) is 12.6 Å². The summed E-state index contributed by atoms with van der Waals surface area (Å²) in [7, 11) is 2.21. The second-order valence-corrected chi connectivity index (χ2v) is 4.55. The van der Waals surface area contributed by atoms with E-state index in [2.05, 4.69) is 37.3 Å². The molecule has 1 rings (SSSR count). The Bertz CT molecular complexity index is 181. The van der Waals surface area contributed by atoms with Crippen LogP contribution in [0.3, 0.4) is 0 Å². The van der Waals surface area contributed by atoms with E-state index in [1.807, 2.05) is 0 Å². The number of rotatable bonds is 4. The van der Waals surface area contributed by atoms with Crippen LogP contribution in [0.5, 0.6) is 0 Å². The third kappa shape index (κ3) is 3.43. The largest absolute Gasteiger partial charge is 0.306 e. The fourth-order valence-electron chi connectivity index (χ4n) is 2.21. The molecule has 0 aromatic heterocycles. The van der Waals surface area contributed by atoms with Crippen molar-refractivity contribution in [2.75, 3.05) is 33.2 Å². The van der Waals surface area contributed by atoms with Gasteiger partial charge >= 0.3 is 0 Å². The van der Waals surface area contributed by atoms with Crippen LogP contribution in [0.1, 0.15) is 26.7 Å². The summed E-state index contributed by atoms with van der Waals surface area (Å²) in [5.41, 5.74) is 1.28. The predicted octanol–water partition coefficient (Wildman–Crippen LogP) is 1.98. The molecule has 1 aliphatic rings. The number of nitrogens with zero attached hydrogens (tertiary/aromatic N) is 2. The number of hydrogen-bond acceptors (Lipinski definition) is 2. The van der Waals surface area contributed by atoms with Crippen LogP contribution < -0.4 is 0 Å². The SMILES string of the molecule is C=C(C)CN(CC)C1CCN(C)CC1. The molecule has 0 amide bonds. The molecule has 1 heterocycles. The number of likely N-dealkylation sites (N-methyl/N-ethyl adjacent to an activating group) is 1. The van der Waals surface area contributed by atoms with Crippen LogP contribution >= 0.6 is 0 Å². The van der Waals surface area contributed by atoms with E-state index in [9.17, 15) is 0 Å². The quantitative estimate of drug-likeness (QED) is 0.634. The summed E-state index contributed by atoms with van der Waals surface area (Å²) < 4.78 is 0. The van der Waals surface area contributed by atoms with Gasteiger partial charge < -0.3 is 4.90 Å². The van der Waals surface area contributed by atoms with Crippen LogP contribution in [-0.2, 0) is 0 Å². The number of piperidine rings is 1. The normalized spacial score (nSPS) is 20.3. The Balaban J connectivity index is 2.40. The van der Waals surface area contributed by atoms with Crippen molar-refractivity contribution in [3.63, 3.8) is 0 Å². The first kappa shape index (κ1) is 11.7. The highest BCUT2D eigenvalue weighted by molar-refractivity contribution is 4.94. The summed E-state index contributed by atoms with van der Waals surface area (Å²) in [6, 6.07) is 0.785. The molecule has 0 radical (unpaired) electrons. The summed E-state index contributed by atoms with van der Waals surface area (Å²) >= 11 is 0. The highest BCUT2D eigenvalue weighted by atomic mass is 15.2. The van der Waals surface area contributed by atoms with Gasteiger partial charge in [0.05, 0.1) is 0 Å². The molecule has 0 N–H and O–H groups in total. The summed E-state index contributed by atoms with van der Waals surface area (Å²) in [5, 5.41) is 0. The molecule has 1 aliphatic heterocycles. The van der Waals surface area contributed by atoms with E-state index in [-0.39, 0.29) is 0 Å². The van der Waals surface area contributed by atoms with Crippen LogP contribution in [0.2, 0.25) is 0 Å². The molecule has 0 aromatic rings. The van der Waals surface area contributed by atoms with Crippen molar-refractivity contribution in [2.45, 2.75) is 32.7 Å². The lowest BCUT2D eigenvalue weighted by Gasteiger charge is -2.36. The van der Waals surface area contributed by atoms with Crippen molar-refractivity contribution in [3.8, 4) is 0 Å². The molecule has 2 nitrogen and oxygen atoms in total. The smallest absolute Gasteiger partial charge is 0.0190 e. The lowest BCUT2D eigenvalue weighted by molar-refractivity contribution is 0.134. The van der Waals surface area contributed by atoms with Crippen LogP contribution in [0.25, 0.3) is 0 Å². The van der Waals surface area contributed by atoms with Gasteiger partial charge in [-0.25, -0.2) is 0 Å². The van der Waals surface area contributed by atoms with Gasteiger partial charge in [0.1, 0.15) is 0 Å². The first-order valence-electron chi connectivity index (χ1n) is 5.70. The molecule has 1 fully saturated rings. The Morgan fingerprint density at radius 2 is 2.00 bits per heavy atom. The molecular formula is C12H24N2. The van der Waals surface area contributed by atoms with E-state index in [4.69, 9.17) is 0 Å². The third-order valence-electron chi connectivity index (χ3n) is 3.08. The molecule has 0 aromatic carbocycles. The molecular weight excluding hydrogens is 172 g/mol. The molecule has 0 spiro atoms. The topological polar surface area (TPSA) is 6.48 Å². The van der Waals surface area contributed by atoms with Crippen molar-refractivity contribution in [1.29, 1.82) is 0 Å². The molecule has 1 saturated heterocycles. The van der Waals surface area contributed by atoms with Crippen LogP contribution in [-0.4, -0.2) is 49.1 Å². The average Bonchev–Trinajstić information content (AvgIpc) is 2.15. The minimum absolute atomic E-state index is 0.785. The lowest BCUT2D eigenvalue weighted by Crippen LogP contribution is -2.44. The van der Waals surface area contributed by atoms with Gasteiger partial charge in [0.25, 0.3) is 0 Å². The van der Waals surface area contributed by atoms with Crippen LogP contribution in [0.4, 0.5) is 0 Å². The first-order chi connectivity index (χ1) is 6.63. The Morgan fingerprint density at radius 3 is 2.43 bits per heavy atom. The van der Waals surface area contributed by atoms with E-state index in [0.717, 1.165) is 19.1 Å². The third-order valence-corrected chi connectivity index (χ3v) is 3.08. The molecule has 0 atom stereocenters. The monoisotopic (exact) mass is 196 g/mol. The summed E-state index contributed by atoms with van der Waals surface area (Å²) in [4.78, 5) is 4.99. The van der Waals surface area contributed by atoms with Gasteiger partial charge in [-0.05, 0) is 46.4 Å². The van der Waals surface area contributed by atoms with Crippen molar-refractivity contribution in [1.82, 2.24) is 9.80 Å². The van der Waals surface area contributed by atoms with Gasteiger partial charge in [-0.3, -0.25) is 4.90 Å². The zero-order valence-corrected chi connectivity index (χ0v) is 9.92. The van der Waals surface area contributed by atoms with Crippen molar-refractivity contribution >= 4 is 0 Å². The zero-order valence-electron chi connectivity index (χ0n) is 9.92. The fourth-order valence-corrected chi connectivity index (χ4v) is 2.21. The summed E-state index contributed by atoms with van der Waals surface area (Å²) in [6.07, 6.45) is 2.63. The standard InChI is InChI=1S/C12H24N2/c1-5-14(10-11(2)3)12-6-8-13(4)9-7-12/h12H,2,5-10H2,1,3-4H3. The number of likely N-dealkylation sites (tertiary alicyclic amines) is 1. The highest BCUT2D eigenvalue weighted by Crippen LogP contribution is 2.16. The van der Waals surface area contributed by atoms with Crippen molar-refractivity contribution in [2.24, 2.45) is 0 Å². The summed E-state index contributed by atoms with van der Waals surface area (Å²) in [5.74, 6) is 0. The van der Waals surface area contributed by atoms with Gasteiger partial charge in [0.15, 0.2) is 0 Å². The minimum atomic E-state index is 0.785. The minimum Gasteiger partial charge on any atom is -0.306 e. The van der Waals surface area contributed by atoms with Crippen molar-refractivity contribution < 1.29 is 0 Å². The van der Waals surface area contributed by atoms with Crippen molar-refractivity contribution in [3.05, 3.63) is 12.2 Å². The highest BCUT2D eigenvalue weighted by Gasteiger charge is 2.21. The van der Waals surface area contributed by atoms with E-state index < -0.39 is 0 Å². The zero-order chi connectivity index (χ0) is 10.6. The predicted molar refractivity (Wildman–Crippen MR) is 62.6 cm³/mol. The maximum Gasteiger partial charge on any atom is 0.0190 e. The van der Waals surface area contributed by atoms with Crippen LogP contribution in [0.15, 0.2) is 12.2 Å². The van der Waals surface area contributed by atoms with E-state index in [1.165, 1.54) is 31.5 Å². The second kappa shape index (κ2) is 5.52. The van der Waals surface area contributed by atoms with Gasteiger partial charge in [-0.2, -0.15) is 0 Å². The maximum atomic E-state index is 4.00. The van der Waals surface area contributed by atoms with E-state index >= 15 is 0 Å². The Labute approximate surface area is 88.6 Å². The Kier molecular flexibility index (Phi) is 4.63. The molecule has 0 aliphatic carbocycles. The molecule has 0 saturated carbocycles. The summed E-state index contributed by atoms with van der Waals surface area (Å²) in [6.45, 7) is 13.1.